The molecule has 0 spiro atoms. The zero-order chi connectivity index (χ0) is 17.6. The molecule has 1 heterocycles. The van der Waals surface area contributed by atoms with E-state index in [0.29, 0.717) is 25.8 Å². The van der Waals surface area contributed by atoms with E-state index in [4.69, 9.17) is 0 Å². The van der Waals surface area contributed by atoms with Crippen molar-refractivity contribution in [3.8, 4) is 0 Å². The van der Waals surface area contributed by atoms with Crippen LogP contribution in [0.1, 0.15) is 17.8 Å². The molecule has 0 bridgehead atoms. The van der Waals surface area contributed by atoms with Crippen molar-refractivity contribution < 1.29 is 13.2 Å². The molecule has 0 fully saturated rings. The fourth-order valence-corrected chi connectivity index (χ4v) is 2.98. The van der Waals surface area contributed by atoms with Crippen LogP contribution in [-0.4, -0.2) is 37.5 Å². The lowest BCUT2D eigenvalue weighted by atomic mass is 10.1. The first-order chi connectivity index (χ1) is 11.4. The summed E-state index contributed by atoms with van der Waals surface area (Å²) >= 11 is 0. The van der Waals surface area contributed by atoms with E-state index < -0.39 is 10.0 Å². The Kier molecular flexibility index (Phi) is 6.10. The zero-order valence-corrected chi connectivity index (χ0v) is 14.6. The summed E-state index contributed by atoms with van der Waals surface area (Å²) in [7, 11) is -0.128. The average molecular weight is 350 g/mol. The van der Waals surface area contributed by atoms with Gasteiger partial charge in [-0.15, -0.1) is 0 Å². The van der Waals surface area contributed by atoms with Gasteiger partial charge in [-0.1, -0.05) is 12.1 Å². The van der Waals surface area contributed by atoms with Crippen LogP contribution in [0.3, 0.4) is 0 Å². The molecule has 1 amide bonds. The summed E-state index contributed by atoms with van der Waals surface area (Å²) in [6.45, 7) is 0.545. The Morgan fingerprint density at radius 2 is 1.92 bits per heavy atom. The van der Waals surface area contributed by atoms with Crippen molar-refractivity contribution in [1.29, 1.82) is 0 Å². The molecule has 24 heavy (non-hydrogen) atoms. The summed E-state index contributed by atoms with van der Waals surface area (Å²) in [4.78, 5) is 16.3. The molecule has 8 heteroatoms. The number of nitrogens with one attached hydrogen (secondary N) is 2. The van der Waals surface area contributed by atoms with Crippen molar-refractivity contribution in [3.63, 3.8) is 0 Å². The van der Waals surface area contributed by atoms with E-state index in [1.807, 2.05) is 17.8 Å². The van der Waals surface area contributed by atoms with Gasteiger partial charge >= 0.3 is 0 Å². The molecule has 0 radical (unpaired) electrons. The van der Waals surface area contributed by atoms with Crippen LogP contribution < -0.4 is 10.0 Å². The van der Waals surface area contributed by atoms with Gasteiger partial charge in [0.05, 0.1) is 4.90 Å². The second-order valence-electron chi connectivity index (χ2n) is 5.41. The number of carbonyl (C=O) groups excluding carboxylic acids is 1. The van der Waals surface area contributed by atoms with Crippen molar-refractivity contribution >= 4 is 15.9 Å². The van der Waals surface area contributed by atoms with Crippen LogP contribution in [0.4, 0.5) is 0 Å². The number of imidazole rings is 1. The standard InChI is InChI=1S/C16H22N4O3S/c1-17-24(22,23)14-6-3-13(4-7-14)5-8-16(21)19-10-9-15-18-11-12-20(15)2/h3-4,6-7,11-12,17H,5,8-10H2,1-2H3,(H,19,21). The highest BCUT2D eigenvalue weighted by Gasteiger charge is 2.10. The molecule has 1 aromatic carbocycles. The third-order valence-electron chi connectivity index (χ3n) is 3.73. The summed E-state index contributed by atoms with van der Waals surface area (Å²) in [6.07, 6.45) is 5.21. The predicted octanol–water partition coefficient (Wildman–Crippen LogP) is 0.620. The first-order valence-electron chi connectivity index (χ1n) is 7.68. The summed E-state index contributed by atoms with van der Waals surface area (Å²) in [5, 5.41) is 2.87. The van der Waals surface area contributed by atoms with E-state index in [0.717, 1.165) is 11.4 Å². The third kappa shape index (κ3) is 4.90. The number of sulfonamides is 1. The van der Waals surface area contributed by atoms with Gasteiger partial charge in [0.15, 0.2) is 0 Å². The Bertz CT molecular complexity index is 782. The molecule has 0 unspecified atom stereocenters. The Hall–Kier alpha value is -2.19. The molecular formula is C16H22N4O3S. The van der Waals surface area contributed by atoms with Crippen molar-refractivity contribution in [3.05, 3.63) is 48.0 Å². The summed E-state index contributed by atoms with van der Waals surface area (Å²) in [6, 6.07) is 6.54. The number of nitrogens with zero attached hydrogens (tertiary/aromatic N) is 2. The molecule has 0 saturated carbocycles. The first-order valence-corrected chi connectivity index (χ1v) is 9.16. The Labute approximate surface area is 142 Å². The van der Waals surface area contributed by atoms with Crippen molar-refractivity contribution in [1.82, 2.24) is 19.6 Å². The highest BCUT2D eigenvalue weighted by Crippen LogP contribution is 2.11. The van der Waals surface area contributed by atoms with Gasteiger partial charge in [-0.2, -0.15) is 0 Å². The molecule has 0 aliphatic heterocycles. The van der Waals surface area contributed by atoms with Gasteiger partial charge in [0.2, 0.25) is 15.9 Å². The number of hydrogen-bond acceptors (Lipinski definition) is 4. The molecule has 7 nitrogen and oxygen atoms in total. The monoisotopic (exact) mass is 350 g/mol. The number of rotatable bonds is 8. The summed E-state index contributed by atoms with van der Waals surface area (Å²) < 4.78 is 27.5. The Balaban J connectivity index is 1.76. The summed E-state index contributed by atoms with van der Waals surface area (Å²) in [5.74, 6) is 0.896. The first kappa shape index (κ1) is 18.2. The van der Waals surface area contributed by atoms with Gasteiger partial charge in [0.25, 0.3) is 0 Å². The second-order valence-corrected chi connectivity index (χ2v) is 7.29. The van der Waals surface area contributed by atoms with E-state index in [2.05, 4.69) is 15.0 Å². The number of benzene rings is 1. The minimum Gasteiger partial charge on any atom is -0.356 e. The van der Waals surface area contributed by atoms with E-state index >= 15 is 0 Å². The van der Waals surface area contributed by atoms with Crippen LogP contribution in [0.25, 0.3) is 0 Å². The highest BCUT2D eigenvalue weighted by molar-refractivity contribution is 7.89. The van der Waals surface area contributed by atoms with E-state index in [-0.39, 0.29) is 10.8 Å². The lowest BCUT2D eigenvalue weighted by molar-refractivity contribution is -0.121. The lowest BCUT2D eigenvalue weighted by Crippen LogP contribution is -2.26. The van der Waals surface area contributed by atoms with Gasteiger partial charge in [0.1, 0.15) is 5.82 Å². The minimum absolute atomic E-state index is 0.0314. The summed E-state index contributed by atoms with van der Waals surface area (Å²) in [5.41, 5.74) is 0.921. The number of amides is 1. The smallest absolute Gasteiger partial charge is 0.240 e. The lowest BCUT2D eigenvalue weighted by Gasteiger charge is -2.07. The van der Waals surface area contributed by atoms with Crippen LogP contribution in [-0.2, 0) is 34.7 Å². The highest BCUT2D eigenvalue weighted by atomic mass is 32.2. The maximum absolute atomic E-state index is 11.9. The van der Waals surface area contributed by atoms with Crippen LogP contribution in [0.5, 0.6) is 0 Å². The van der Waals surface area contributed by atoms with Crippen LogP contribution in [0.15, 0.2) is 41.6 Å². The molecule has 1 aromatic heterocycles. The molecule has 0 aliphatic carbocycles. The fraction of sp³-hybridized carbons (Fsp3) is 0.375. The molecular weight excluding hydrogens is 328 g/mol. The van der Waals surface area contributed by atoms with E-state index in [1.54, 1.807) is 30.5 Å². The maximum Gasteiger partial charge on any atom is 0.240 e. The largest absolute Gasteiger partial charge is 0.356 e. The molecule has 0 aliphatic rings. The molecule has 0 saturated heterocycles. The minimum atomic E-state index is -3.42. The number of hydrogen-bond donors (Lipinski definition) is 2. The molecule has 0 atom stereocenters. The van der Waals surface area contributed by atoms with E-state index in [1.165, 1.54) is 7.05 Å². The van der Waals surface area contributed by atoms with Gasteiger partial charge in [0, 0.05) is 38.8 Å². The van der Waals surface area contributed by atoms with Gasteiger partial charge in [-0.05, 0) is 31.2 Å². The molecule has 2 rings (SSSR count). The van der Waals surface area contributed by atoms with Crippen molar-refractivity contribution in [2.24, 2.45) is 7.05 Å². The quantitative estimate of drug-likeness (QED) is 0.730. The van der Waals surface area contributed by atoms with Crippen LogP contribution in [0.2, 0.25) is 0 Å². The van der Waals surface area contributed by atoms with Gasteiger partial charge < -0.3 is 9.88 Å². The molecule has 130 valence electrons. The maximum atomic E-state index is 11.9. The fourth-order valence-electron chi connectivity index (χ4n) is 2.25. The average Bonchev–Trinajstić information content (AvgIpc) is 2.98. The molecule has 2 aromatic rings. The van der Waals surface area contributed by atoms with Crippen LogP contribution in [0, 0.1) is 0 Å². The Morgan fingerprint density at radius 3 is 2.50 bits per heavy atom. The zero-order valence-electron chi connectivity index (χ0n) is 13.8. The van der Waals surface area contributed by atoms with Crippen LogP contribution >= 0.6 is 0 Å². The third-order valence-corrected chi connectivity index (χ3v) is 5.17. The predicted molar refractivity (Wildman–Crippen MR) is 90.9 cm³/mol. The number of aromatic nitrogens is 2. The Morgan fingerprint density at radius 1 is 1.21 bits per heavy atom. The number of carbonyl (C=O) groups is 1. The van der Waals surface area contributed by atoms with Crippen molar-refractivity contribution in [2.75, 3.05) is 13.6 Å². The SMILES string of the molecule is CNS(=O)(=O)c1ccc(CCC(=O)NCCc2nccn2C)cc1. The second kappa shape index (κ2) is 8.07. The van der Waals surface area contributed by atoms with Gasteiger partial charge in [-0.3, -0.25) is 4.79 Å². The normalized spacial score (nSPS) is 11.4. The molecule has 2 N–H and O–H groups in total. The van der Waals surface area contributed by atoms with E-state index in [9.17, 15) is 13.2 Å². The number of aryl methyl sites for hydroxylation is 2. The van der Waals surface area contributed by atoms with Gasteiger partial charge in [-0.25, -0.2) is 18.1 Å². The topological polar surface area (TPSA) is 93.1 Å². The van der Waals surface area contributed by atoms with Crippen molar-refractivity contribution in [2.45, 2.75) is 24.2 Å².